The van der Waals surface area contributed by atoms with Gasteiger partial charge in [-0.3, -0.25) is 15.0 Å². The fraction of sp³-hybridized carbons (Fsp3) is 0.531. The molecule has 2 atom stereocenters. The van der Waals surface area contributed by atoms with Crippen molar-refractivity contribution < 1.29 is 42.1 Å². The van der Waals surface area contributed by atoms with Crippen LogP contribution >= 0.6 is 11.8 Å². The molecule has 4 rings (SSSR count). The number of halogens is 3. The van der Waals surface area contributed by atoms with Gasteiger partial charge in [0.1, 0.15) is 28.7 Å². The first kappa shape index (κ1) is 36.8. The maximum atomic E-state index is 13.5. The van der Waals surface area contributed by atoms with E-state index < -0.39 is 42.0 Å². The number of rotatable bonds is 13. The van der Waals surface area contributed by atoms with Crippen molar-refractivity contribution in [1.29, 1.82) is 0 Å². The van der Waals surface area contributed by atoms with Crippen molar-refractivity contribution in [2.24, 2.45) is 0 Å². The van der Waals surface area contributed by atoms with Crippen LogP contribution in [0.15, 0.2) is 42.6 Å². The highest BCUT2D eigenvalue weighted by Crippen LogP contribution is 2.25. The fourth-order valence-electron chi connectivity index (χ4n) is 5.48. The Kier molecular flexibility index (Phi) is 12.2. The van der Waals surface area contributed by atoms with Crippen LogP contribution in [0.5, 0.6) is 5.75 Å². The molecule has 1 fully saturated rings. The molecule has 3 heterocycles. The molecule has 2 aromatic heterocycles. The number of piperidine rings is 1. The zero-order valence-corrected chi connectivity index (χ0v) is 28.1. The summed E-state index contributed by atoms with van der Waals surface area (Å²) in [6.07, 6.45) is -0.263. The molecule has 0 bridgehead atoms. The van der Waals surface area contributed by atoms with Crippen LogP contribution in [0.3, 0.4) is 0 Å². The van der Waals surface area contributed by atoms with Gasteiger partial charge >= 0.3 is 18.4 Å². The lowest BCUT2D eigenvalue weighted by Crippen LogP contribution is -2.61. The third-order valence-electron chi connectivity index (χ3n) is 7.57. The van der Waals surface area contributed by atoms with Crippen LogP contribution in [0.25, 0.3) is 11.2 Å². The van der Waals surface area contributed by atoms with Gasteiger partial charge in [-0.25, -0.2) is 19.8 Å². The predicted molar refractivity (Wildman–Crippen MR) is 173 cm³/mol. The van der Waals surface area contributed by atoms with Gasteiger partial charge in [-0.1, -0.05) is 12.1 Å². The number of likely N-dealkylation sites (tertiary alicyclic amines) is 1. The minimum absolute atomic E-state index is 0.0461. The summed E-state index contributed by atoms with van der Waals surface area (Å²) in [4.78, 5) is 49.4. The number of alkyl halides is 3. The number of carboxylic acid groups (broad SMARTS) is 1. The molecule has 1 aliphatic heterocycles. The molecule has 3 aromatic rings. The molecular weight excluding hydrogens is 653 g/mol. The Morgan fingerprint density at radius 2 is 1.90 bits per heavy atom. The van der Waals surface area contributed by atoms with Crippen LogP contribution in [0.2, 0.25) is 0 Å². The zero-order chi connectivity index (χ0) is 35.1. The second-order valence-electron chi connectivity index (χ2n) is 12.5. The van der Waals surface area contributed by atoms with E-state index >= 15 is 0 Å². The smallest absolute Gasteiger partial charge is 0.480 e. The molecular formula is C32H41F3N6O6S. The molecule has 0 saturated carbocycles. The molecule has 0 spiro atoms. The van der Waals surface area contributed by atoms with E-state index in [0.717, 1.165) is 0 Å². The number of nitrogens with one attached hydrogen (secondary N) is 1. The Bertz CT molecular complexity index is 1560. The average Bonchev–Trinajstić information content (AvgIpc) is 3.36. The van der Waals surface area contributed by atoms with Crippen LogP contribution in [-0.2, 0) is 27.3 Å². The van der Waals surface area contributed by atoms with E-state index in [4.69, 9.17) is 4.74 Å². The monoisotopic (exact) mass is 694 g/mol. The van der Waals surface area contributed by atoms with Crippen molar-refractivity contribution in [2.45, 2.75) is 83.5 Å². The Balaban J connectivity index is 1.51. The maximum absolute atomic E-state index is 13.5. The number of benzene rings is 1. The maximum Gasteiger partial charge on any atom is 0.573 e. The van der Waals surface area contributed by atoms with Gasteiger partial charge in [0.05, 0.1) is 6.54 Å². The van der Waals surface area contributed by atoms with E-state index in [0.29, 0.717) is 47.7 Å². The van der Waals surface area contributed by atoms with Crippen molar-refractivity contribution in [3.63, 3.8) is 0 Å². The van der Waals surface area contributed by atoms with Crippen molar-refractivity contribution in [3.05, 3.63) is 54.0 Å². The number of thioether (sulfide) groups is 1. The van der Waals surface area contributed by atoms with Crippen LogP contribution in [0, 0.1) is 0 Å². The van der Waals surface area contributed by atoms with Gasteiger partial charge in [0.25, 0.3) is 0 Å². The minimum Gasteiger partial charge on any atom is -0.480 e. The van der Waals surface area contributed by atoms with Gasteiger partial charge in [-0.15, -0.1) is 13.2 Å². The van der Waals surface area contributed by atoms with E-state index in [2.05, 4.69) is 20.1 Å². The molecule has 1 aliphatic rings. The second kappa shape index (κ2) is 15.9. The number of carbonyl (C=O) groups excluding carboxylic acids is 2. The Hall–Kier alpha value is -4.05. The highest BCUT2D eigenvalue weighted by atomic mass is 32.2. The number of pyridine rings is 1. The van der Waals surface area contributed by atoms with Crippen molar-refractivity contribution in [2.75, 3.05) is 25.1 Å². The quantitative estimate of drug-likeness (QED) is 0.228. The van der Waals surface area contributed by atoms with Crippen LogP contribution < -0.4 is 10.2 Å². The van der Waals surface area contributed by atoms with E-state index in [-0.39, 0.29) is 38.1 Å². The van der Waals surface area contributed by atoms with Crippen LogP contribution in [0.1, 0.15) is 57.8 Å². The number of aromatic nitrogens is 3. The first-order chi connectivity index (χ1) is 22.6. The summed E-state index contributed by atoms with van der Waals surface area (Å²) in [6, 6.07) is 7.48. The van der Waals surface area contributed by atoms with E-state index in [1.807, 2.05) is 6.26 Å². The number of carboxylic acids is 1. The number of hydrogen-bond donors (Lipinski definition) is 2. The van der Waals surface area contributed by atoms with Crippen molar-refractivity contribution in [3.8, 4) is 5.75 Å². The van der Waals surface area contributed by atoms with Crippen LogP contribution in [-0.4, -0.2) is 96.7 Å². The Morgan fingerprint density at radius 1 is 1.17 bits per heavy atom. The Labute approximate surface area is 280 Å². The first-order valence-electron chi connectivity index (χ1n) is 15.6. The standard InChI is InChI=1S/C32H41F3N6O6S/c1-31(2,3)47-30(45)39-17-6-7-22(20-39)41(25(29(43)44)15-18-48-4)38-27(42)14-13-26-37-24-8-5-16-36-28(24)40(26)19-21-9-11-23(12-10-21)46-32(33,34)35/h5,8-12,16,22,25H,6-7,13-15,17-20H2,1-4H3,(H,38,42)(H,43,44)/t22-,25+/m1/s1. The first-order valence-corrected chi connectivity index (χ1v) is 16.9. The number of nitrogens with zero attached hydrogens (tertiary/aromatic N) is 5. The summed E-state index contributed by atoms with van der Waals surface area (Å²) in [5.41, 5.74) is 3.94. The lowest BCUT2D eigenvalue weighted by molar-refractivity contribution is -0.274. The number of fused-ring (bicyclic) bond motifs is 1. The molecule has 1 saturated heterocycles. The van der Waals surface area contributed by atoms with Gasteiger partial charge < -0.3 is 24.0 Å². The average molecular weight is 695 g/mol. The normalized spacial score (nSPS) is 16.2. The van der Waals surface area contributed by atoms with Crippen LogP contribution in [0.4, 0.5) is 18.0 Å². The second-order valence-corrected chi connectivity index (χ2v) is 13.4. The summed E-state index contributed by atoms with van der Waals surface area (Å²) in [6.45, 7) is 6.19. The molecule has 0 radical (unpaired) electrons. The van der Waals surface area contributed by atoms with Crippen molar-refractivity contribution >= 4 is 40.9 Å². The lowest BCUT2D eigenvalue weighted by Gasteiger charge is -2.41. The number of hydrogen-bond acceptors (Lipinski definition) is 9. The summed E-state index contributed by atoms with van der Waals surface area (Å²) in [7, 11) is 0. The molecule has 1 aromatic carbocycles. The molecule has 16 heteroatoms. The molecule has 262 valence electrons. The molecule has 0 unspecified atom stereocenters. The third-order valence-corrected chi connectivity index (χ3v) is 8.21. The fourth-order valence-corrected chi connectivity index (χ4v) is 5.93. The lowest BCUT2D eigenvalue weighted by atomic mass is 10.0. The summed E-state index contributed by atoms with van der Waals surface area (Å²) >= 11 is 1.50. The Morgan fingerprint density at radius 3 is 2.54 bits per heavy atom. The van der Waals surface area contributed by atoms with Gasteiger partial charge in [-0.05, 0) is 81.9 Å². The number of ether oxygens (including phenoxy) is 2. The van der Waals surface area contributed by atoms with E-state index in [1.165, 1.54) is 41.0 Å². The van der Waals surface area contributed by atoms with E-state index in [1.54, 1.807) is 48.6 Å². The molecule has 2 N–H and O–H groups in total. The number of amides is 2. The third kappa shape index (κ3) is 10.5. The van der Waals surface area contributed by atoms with Gasteiger partial charge in [0.15, 0.2) is 5.65 Å². The number of imidazole rings is 1. The number of hydrazine groups is 1. The summed E-state index contributed by atoms with van der Waals surface area (Å²) in [5.74, 6) is -0.789. The topological polar surface area (TPSA) is 139 Å². The highest BCUT2D eigenvalue weighted by molar-refractivity contribution is 7.98. The SMILES string of the molecule is CSCC[C@@H](C(=O)O)N(NC(=O)CCc1nc2cccnc2n1Cc1ccc(OC(F)(F)F)cc1)[C@@H]1CCCN(C(=O)OC(C)(C)C)C1. The van der Waals surface area contributed by atoms with E-state index in [9.17, 15) is 32.7 Å². The van der Waals surface area contributed by atoms with Gasteiger partial charge in [-0.2, -0.15) is 11.8 Å². The van der Waals surface area contributed by atoms with Gasteiger partial charge in [0, 0.05) is 38.2 Å². The molecule has 2 amide bonds. The van der Waals surface area contributed by atoms with Gasteiger partial charge in [0.2, 0.25) is 5.91 Å². The zero-order valence-electron chi connectivity index (χ0n) is 27.3. The minimum atomic E-state index is -4.80. The number of carbonyl (C=O) groups is 3. The molecule has 0 aliphatic carbocycles. The molecule has 12 nitrogen and oxygen atoms in total. The largest absolute Gasteiger partial charge is 0.573 e. The summed E-state index contributed by atoms with van der Waals surface area (Å²) in [5, 5.41) is 11.7. The van der Waals surface area contributed by atoms with Crippen molar-refractivity contribution in [1.82, 2.24) is 29.9 Å². The highest BCUT2D eigenvalue weighted by Gasteiger charge is 2.37. The summed E-state index contributed by atoms with van der Waals surface area (Å²) < 4.78 is 49.2. The number of aryl methyl sites for hydroxylation is 1. The number of aliphatic carboxylic acids is 1. The predicted octanol–water partition coefficient (Wildman–Crippen LogP) is 5.25. The molecule has 48 heavy (non-hydrogen) atoms.